The standard InChI is InChI=1S/C14H21NO4/c1-3-8-19-14(17)15-11-7-5-4-6-10(11)9-12(15)13(16)18-2/h3,10-12H,1,4-9H2,2H3/t10-,11-,12-/m0/s1. The fourth-order valence-corrected chi connectivity index (χ4v) is 3.27. The Kier molecular flexibility index (Phi) is 4.45. The number of carbonyl (C=O) groups excluding carboxylic acids is 2. The number of fused-ring (bicyclic) bond motifs is 1. The lowest BCUT2D eigenvalue weighted by molar-refractivity contribution is -0.145. The van der Waals surface area contributed by atoms with Crippen LogP contribution in [0.15, 0.2) is 12.7 Å². The Labute approximate surface area is 113 Å². The number of amides is 1. The molecule has 2 fully saturated rings. The zero-order chi connectivity index (χ0) is 13.8. The Morgan fingerprint density at radius 3 is 2.79 bits per heavy atom. The summed E-state index contributed by atoms with van der Waals surface area (Å²) < 4.78 is 9.93. The van der Waals surface area contributed by atoms with Gasteiger partial charge in [-0.15, -0.1) is 0 Å². The minimum atomic E-state index is -0.490. The minimum Gasteiger partial charge on any atom is -0.467 e. The van der Waals surface area contributed by atoms with Crippen LogP contribution in [-0.2, 0) is 14.3 Å². The van der Waals surface area contributed by atoms with Gasteiger partial charge in [-0.05, 0) is 25.2 Å². The van der Waals surface area contributed by atoms with E-state index < -0.39 is 12.1 Å². The third-order valence-electron chi connectivity index (χ3n) is 4.10. The van der Waals surface area contributed by atoms with Crippen LogP contribution in [0, 0.1) is 5.92 Å². The van der Waals surface area contributed by atoms with Crippen LogP contribution in [0.5, 0.6) is 0 Å². The fraction of sp³-hybridized carbons (Fsp3) is 0.714. The molecule has 1 amide bonds. The van der Waals surface area contributed by atoms with Gasteiger partial charge in [0.2, 0.25) is 0 Å². The van der Waals surface area contributed by atoms with Crippen molar-refractivity contribution in [3.05, 3.63) is 12.7 Å². The van der Waals surface area contributed by atoms with Crippen molar-refractivity contribution in [2.45, 2.75) is 44.2 Å². The van der Waals surface area contributed by atoms with Crippen molar-refractivity contribution in [3.8, 4) is 0 Å². The molecule has 1 saturated carbocycles. The summed E-state index contributed by atoms with van der Waals surface area (Å²) in [6.45, 7) is 3.69. The smallest absolute Gasteiger partial charge is 0.411 e. The Morgan fingerprint density at radius 2 is 2.11 bits per heavy atom. The molecule has 1 aliphatic heterocycles. The van der Waals surface area contributed by atoms with E-state index in [0.29, 0.717) is 12.3 Å². The van der Waals surface area contributed by atoms with Crippen LogP contribution in [0.4, 0.5) is 4.79 Å². The Hall–Kier alpha value is -1.52. The van der Waals surface area contributed by atoms with Crippen molar-refractivity contribution >= 4 is 12.1 Å². The average Bonchev–Trinajstić information content (AvgIpc) is 2.83. The van der Waals surface area contributed by atoms with Crippen LogP contribution >= 0.6 is 0 Å². The van der Waals surface area contributed by atoms with Crippen molar-refractivity contribution < 1.29 is 19.1 Å². The van der Waals surface area contributed by atoms with Gasteiger partial charge in [-0.25, -0.2) is 9.59 Å². The molecule has 0 bridgehead atoms. The summed E-state index contributed by atoms with van der Waals surface area (Å²) in [7, 11) is 1.36. The molecule has 5 nitrogen and oxygen atoms in total. The highest BCUT2D eigenvalue weighted by molar-refractivity contribution is 5.82. The predicted molar refractivity (Wildman–Crippen MR) is 69.6 cm³/mol. The maximum atomic E-state index is 12.1. The van der Waals surface area contributed by atoms with Gasteiger partial charge >= 0.3 is 12.1 Å². The van der Waals surface area contributed by atoms with Crippen LogP contribution in [0.3, 0.4) is 0 Å². The van der Waals surface area contributed by atoms with Gasteiger partial charge in [-0.3, -0.25) is 4.90 Å². The first-order valence-corrected chi connectivity index (χ1v) is 6.82. The van der Waals surface area contributed by atoms with Gasteiger partial charge in [-0.1, -0.05) is 25.5 Å². The summed E-state index contributed by atoms with van der Waals surface area (Å²) in [5, 5.41) is 0. The number of ether oxygens (including phenoxy) is 2. The summed E-state index contributed by atoms with van der Waals surface area (Å²) in [5.41, 5.74) is 0. The highest BCUT2D eigenvalue weighted by Crippen LogP contribution is 2.40. The van der Waals surface area contributed by atoms with E-state index in [9.17, 15) is 9.59 Å². The molecular formula is C14H21NO4. The molecule has 5 heteroatoms. The molecule has 106 valence electrons. The van der Waals surface area contributed by atoms with Crippen molar-refractivity contribution in [2.24, 2.45) is 5.92 Å². The van der Waals surface area contributed by atoms with Gasteiger partial charge in [0.25, 0.3) is 0 Å². The molecule has 1 heterocycles. The van der Waals surface area contributed by atoms with Crippen LogP contribution < -0.4 is 0 Å². The van der Waals surface area contributed by atoms with E-state index in [-0.39, 0.29) is 18.6 Å². The molecule has 0 radical (unpaired) electrons. The molecule has 1 saturated heterocycles. The third-order valence-corrected chi connectivity index (χ3v) is 4.10. The molecular weight excluding hydrogens is 246 g/mol. The number of rotatable bonds is 3. The van der Waals surface area contributed by atoms with Crippen molar-refractivity contribution in [2.75, 3.05) is 13.7 Å². The SMILES string of the molecule is C=CCOC(=O)N1[C@H](C(=O)OC)C[C@@H]2CCCC[C@@H]21. The molecule has 2 rings (SSSR count). The second kappa shape index (κ2) is 6.08. The molecule has 1 aliphatic carbocycles. The molecule has 0 spiro atoms. The second-order valence-corrected chi connectivity index (χ2v) is 5.16. The fourth-order valence-electron chi connectivity index (χ4n) is 3.27. The zero-order valence-electron chi connectivity index (χ0n) is 11.3. The maximum absolute atomic E-state index is 12.1. The molecule has 19 heavy (non-hydrogen) atoms. The normalized spacial score (nSPS) is 29.5. The van der Waals surface area contributed by atoms with Gasteiger partial charge in [0, 0.05) is 6.04 Å². The molecule has 2 aliphatic rings. The predicted octanol–water partition coefficient (Wildman–Crippen LogP) is 2.12. The van der Waals surface area contributed by atoms with Gasteiger partial charge < -0.3 is 9.47 Å². The lowest BCUT2D eigenvalue weighted by Gasteiger charge is -2.32. The molecule has 3 atom stereocenters. The van der Waals surface area contributed by atoms with Crippen molar-refractivity contribution in [1.29, 1.82) is 0 Å². The summed E-state index contributed by atoms with van der Waals surface area (Å²) in [4.78, 5) is 25.6. The van der Waals surface area contributed by atoms with Crippen LogP contribution in [0.2, 0.25) is 0 Å². The quantitative estimate of drug-likeness (QED) is 0.580. The number of esters is 1. The minimum absolute atomic E-state index is 0.121. The van der Waals surface area contributed by atoms with Crippen LogP contribution in [0.25, 0.3) is 0 Å². The number of carbonyl (C=O) groups is 2. The second-order valence-electron chi connectivity index (χ2n) is 5.16. The molecule has 0 aromatic rings. The van der Waals surface area contributed by atoms with Gasteiger partial charge in [0.1, 0.15) is 12.6 Å². The van der Waals surface area contributed by atoms with Crippen molar-refractivity contribution in [3.63, 3.8) is 0 Å². The monoisotopic (exact) mass is 267 g/mol. The van der Waals surface area contributed by atoms with Gasteiger partial charge in [0.15, 0.2) is 0 Å². The highest BCUT2D eigenvalue weighted by Gasteiger charge is 2.48. The number of likely N-dealkylation sites (tertiary alicyclic amines) is 1. The lowest BCUT2D eigenvalue weighted by atomic mass is 9.85. The topological polar surface area (TPSA) is 55.8 Å². The average molecular weight is 267 g/mol. The first-order chi connectivity index (χ1) is 9.19. The van der Waals surface area contributed by atoms with Crippen LogP contribution in [0.1, 0.15) is 32.1 Å². The number of hydrogen-bond donors (Lipinski definition) is 0. The van der Waals surface area contributed by atoms with Gasteiger partial charge in [-0.2, -0.15) is 0 Å². The Balaban J connectivity index is 2.14. The summed E-state index contributed by atoms with van der Waals surface area (Å²) in [6, 6.07) is -0.370. The maximum Gasteiger partial charge on any atom is 0.411 e. The summed E-state index contributed by atoms with van der Waals surface area (Å²) in [5.74, 6) is 0.0547. The van der Waals surface area contributed by atoms with Crippen molar-refractivity contribution in [1.82, 2.24) is 4.90 Å². The first-order valence-electron chi connectivity index (χ1n) is 6.82. The zero-order valence-corrected chi connectivity index (χ0v) is 11.3. The Morgan fingerprint density at radius 1 is 1.37 bits per heavy atom. The lowest BCUT2D eigenvalue weighted by Crippen LogP contribution is -2.46. The van der Waals surface area contributed by atoms with Crippen LogP contribution in [-0.4, -0.2) is 42.8 Å². The largest absolute Gasteiger partial charge is 0.467 e. The van der Waals surface area contributed by atoms with E-state index in [0.717, 1.165) is 19.3 Å². The number of hydrogen-bond acceptors (Lipinski definition) is 4. The first kappa shape index (κ1) is 13.9. The molecule has 0 unspecified atom stereocenters. The molecule has 0 aromatic heterocycles. The summed E-state index contributed by atoms with van der Waals surface area (Å²) >= 11 is 0. The molecule has 0 N–H and O–H groups in total. The van der Waals surface area contributed by atoms with E-state index in [1.807, 2.05) is 0 Å². The number of nitrogens with zero attached hydrogens (tertiary/aromatic N) is 1. The van der Waals surface area contributed by atoms with E-state index in [2.05, 4.69) is 6.58 Å². The van der Waals surface area contributed by atoms with Gasteiger partial charge in [0.05, 0.1) is 7.11 Å². The van der Waals surface area contributed by atoms with E-state index in [1.165, 1.54) is 19.6 Å². The Bertz CT molecular complexity index is 368. The third kappa shape index (κ3) is 2.74. The van der Waals surface area contributed by atoms with E-state index >= 15 is 0 Å². The van der Waals surface area contributed by atoms with E-state index in [4.69, 9.17) is 9.47 Å². The number of methoxy groups -OCH3 is 1. The summed E-state index contributed by atoms with van der Waals surface area (Å²) in [6.07, 6.45) is 6.08. The molecule has 0 aromatic carbocycles. The van der Waals surface area contributed by atoms with E-state index in [1.54, 1.807) is 4.90 Å². The highest BCUT2D eigenvalue weighted by atomic mass is 16.6.